The van der Waals surface area contributed by atoms with Gasteiger partial charge in [0, 0.05) is 38.3 Å². The van der Waals surface area contributed by atoms with E-state index in [0.29, 0.717) is 18.9 Å². The number of carbonyl (C=O) groups is 1. The van der Waals surface area contributed by atoms with Crippen LogP contribution in [0.3, 0.4) is 0 Å². The zero-order valence-electron chi connectivity index (χ0n) is 14.8. The summed E-state index contributed by atoms with van der Waals surface area (Å²) >= 11 is 0. The van der Waals surface area contributed by atoms with E-state index in [1.54, 1.807) is 19.2 Å². The summed E-state index contributed by atoms with van der Waals surface area (Å²) in [5.41, 5.74) is 0.949. The molecule has 0 aliphatic carbocycles. The first-order valence-electron chi connectivity index (χ1n) is 8.64. The molecule has 0 atom stereocenters. The summed E-state index contributed by atoms with van der Waals surface area (Å²) in [6.45, 7) is 3.70. The zero-order chi connectivity index (χ0) is 18.4. The molecule has 1 aromatic heterocycles. The molecule has 6 nitrogen and oxygen atoms in total. The van der Waals surface area contributed by atoms with E-state index in [9.17, 15) is 9.18 Å². The van der Waals surface area contributed by atoms with E-state index in [1.807, 2.05) is 29.2 Å². The molecule has 1 amide bonds. The number of anilines is 1. The number of methoxy groups -OCH3 is 1. The quantitative estimate of drug-likeness (QED) is 0.796. The molecule has 1 aliphatic rings. The Labute approximate surface area is 152 Å². The van der Waals surface area contributed by atoms with E-state index in [-0.39, 0.29) is 5.91 Å². The Morgan fingerprint density at radius 2 is 1.92 bits per heavy atom. The van der Waals surface area contributed by atoms with Gasteiger partial charge in [-0.3, -0.25) is 9.69 Å². The molecule has 0 spiro atoms. The molecule has 138 valence electrons. The molecule has 3 rings (SSSR count). The molecule has 2 aromatic rings. The number of nitrogens with one attached hydrogen (secondary N) is 1. The molecule has 1 aliphatic heterocycles. The SMILES string of the molecule is COc1ccccc1CNC(=O)CN1CCN(c2cccc(F)n2)CC1. The summed E-state index contributed by atoms with van der Waals surface area (Å²) in [5, 5.41) is 2.94. The van der Waals surface area contributed by atoms with Crippen molar-refractivity contribution in [2.24, 2.45) is 0 Å². The number of carbonyl (C=O) groups excluding carboxylic acids is 1. The predicted molar refractivity (Wildman–Crippen MR) is 97.7 cm³/mol. The maximum absolute atomic E-state index is 13.2. The van der Waals surface area contributed by atoms with Crippen molar-refractivity contribution in [1.29, 1.82) is 0 Å². The average molecular weight is 358 g/mol. The molecule has 0 bridgehead atoms. The van der Waals surface area contributed by atoms with Crippen LogP contribution >= 0.6 is 0 Å². The second kappa shape index (κ2) is 8.62. The van der Waals surface area contributed by atoms with Crippen LogP contribution in [0.5, 0.6) is 5.75 Å². The summed E-state index contributed by atoms with van der Waals surface area (Å²) in [7, 11) is 1.62. The number of aromatic nitrogens is 1. The Morgan fingerprint density at radius 3 is 2.65 bits per heavy atom. The van der Waals surface area contributed by atoms with Crippen molar-refractivity contribution >= 4 is 11.7 Å². The lowest BCUT2D eigenvalue weighted by Gasteiger charge is -2.34. The fourth-order valence-electron chi connectivity index (χ4n) is 3.01. The van der Waals surface area contributed by atoms with E-state index in [1.165, 1.54) is 6.07 Å². The number of para-hydroxylation sites is 1. The minimum Gasteiger partial charge on any atom is -0.496 e. The molecule has 7 heteroatoms. The second-order valence-electron chi connectivity index (χ2n) is 6.17. The molecule has 1 N–H and O–H groups in total. The van der Waals surface area contributed by atoms with Crippen molar-refractivity contribution in [3.63, 3.8) is 0 Å². The van der Waals surface area contributed by atoms with E-state index in [2.05, 4.69) is 15.2 Å². The van der Waals surface area contributed by atoms with Gasteiger partial charge in [-0.15, -0.1) is 0 Å². The third-order valence-corrected chi connectivity index (χ3v) is 4.43. The number of piperazine rings is 1. The van der Waals surface area contributed by atoms with Gasteiger partial charge in [-0.1, -0.05) is 24.3 Å². The van der Waals surface area contributed by atoms with Gasteiger partial charge in [0.15, 0.2) is 0 Å². The molecule has 2 heterocycles. The Hall–Kier alpha value is -2.67. The highest BCUT2D eigenvalue weighted by Crippen LogP contribution is 2.17. The lowest BCUT2D eigenvalue weighted by molar-refractivity contribution is -0.122. The number of ether oxygens (including phenoxy) is 1. The number of benzene rings is 1. The molecule has 1 aromatic carbocycles. The van der Waals surface area contributed by atoms with E-state index >= 15 is 0 Å². The van der Waals surface area contributed by atoms with Gasteiger partial charge < -0.3 is 15.0 Å². The van der Waals surface area contributed by atoms with E-state index < -0.39 is 5.95 Å². The monoisotopic (exact) mass is 358 g/mol. The van der Waals surface area contributed by atoms with Crippen molar-refractivity contribution < 1.29 is 13.9 Å². The van der Waals surface area contributed by atoms with Crippen LogP contribution in [0.25, 0.3) is 0 Å². The average Bonchev–Trinajstić information content (AvgIpc) is 2.67. The van der Waals surface area contributed by atoms with Crippen molar-refractivity contribution in [2.45, 2.75) is 6.54 Å². The van der Waals surface area contributed by atoms with Gasteiger partial charge >= 0.3 is 0 Å². The normalized spacial score (nSPS) is 14.9. The minimum absolute atomic E-state index is 0.0202. The van der Waals surface area contributed by atoms with Gasteiger partial charge in [0.2, 0.25) is 11.9 Å². The lowest BCUT2D eigenvalue weighted by atomic mass is 10.2. The smallest absolute Gasteiger partial charge is 0.234 e. The van der Waals surface area contributed by atoms with Crippen LogP contribution in [0.2, 0.25) is 0 Å². The van der Waals surface area contributed by atoms with Crippen LogP contribution in [-0.4, -0.2) is 55.6 Å². The number of hydrogen-bond donors (Lipinski definition) is 1. The standard InChI is InChI=1S/C19H23FN4O2/c1-26-16-6-3-2-5-15(16)13-21-19(25)14-23-9-11-24(12-10-23)18-8-4-7-17(20)22-18/h2-8H,9-14H2,1H3,(H,21,25). The molecule has 0 radical (unpaired) electrons. The molecule has 26 heavy (non-hydrogen) atoms. The number of hydrogen-bond acceptors (Lipinski definition) is 5. The fourth-order valence-corrected chi connectivity index (χ4v) is 3.01. The first kappa shape index (κ1) is 18.1. The first-order chi connectivity index (χ1) is 12.7. The third-order valence-electron chi connectivity index (χ3n) is 4.43. The zero-order valence-corrected chi connectivity index (χ0v) is 14.8. The first-order valence-corrected chi connectivity index (χ1v) is 8.64. The lowest BCUT2D eigenvalue weighted by Crippen LogP contribution is -2.49. The van der Waals surface area contributed by atoms with E-state index in [4.69, 9.17) is 4.74 Å². The van der Waals surface area contributed by atoms with Gasteiger partial charge in [0.05, 0.1) is 13.7 Å². The molecular weight excluding hydrogens is 335 g/mol. The van der Waals surface area contributed by atoms with Crippen LogP contribution < -0.4 is 15.0 Å². The Bertz CT molecular complexity index is 748. The predicted octanol–water partition coefficient (Wildman–Crippen LogP) is 1.67. The highest BCUT2D eigenvalue weighted by molar-refractivity contribution is 5.78. The van der Waals surface area contributed by atoms with Crippen molar-refractivity contribution in [3.8, 4) is 5.75 Å². The summed E-state index contributed by atoms with van der Waals surface area (Å²) < 4.78 is 18.5. The van der Waals surface area contributed by atoms with Gasteiger partial charge in [-0.25, -0.2) is 4.98 Å². The topological polar surface area (TPSA) is 57.7 Å². The summed E-state index contributed by atoms with van der Waals surface area (Å²) in [5.74, 6) is 0.920. The summed E-state index contributed by atoms with van der Waals surface area (Å²) in [4.78, 5) is 20.2. The summed E-state index contributed by atoms with van der Waals surface area (Å²) in [6, 6.07) is 12.4. The van der Waals surface area contributed by atoms with E-state index in [0.717, 1.165) is 37.5 Å². The van der Waals surface area contributed by atoms with Crippen LogP contribution in [0.4, 0.5) is 10.2 Å². The number of nitrogens with zero attached hydrogens (tertiary/aromatic N) is 3. The molecule has 1 saturated heterocycles. The third kappa shape index (κ3) is 4.70. The van der Waals surface area contributed by atoms with Crippen LogP contribution in [-0.2, 0) is 11.3 Å². The molecule has 0 unspecified atom stereocenters. The molecular formula is C19H23FN4O2. The highest BCUT2D eigenvalue weighted by atomic mass is 19.1. The number of rotatable bonds is 6. The largest absolute Gasteiger partial charge is 0.496 e. The minimum atomic E-state index is -0.472. The number of amides is 1. The van der Waals surface area contributed by atoms with Crippen LogP contribution in [0.15, 0.2) is 42.5 Å². The fraction of sp³-hybridized carbons (Fsp3) is 0.368. The Balaban J connectivity index is 1.45. The van der Waals surface area contributed by atoms with Crippen molar-refractivity contribution in [2.75, 3.05) is 44.7 Å². The van der Waals surface area contributed by atoms with Crippen LogP contribution in [0, 0.1) is 5.95 Å². The van der Waals surface area contributed by atoms with Gasteiger partial charge in [0.25, 0.3) is 0 Å². The Morgan fingerprint density at radius 1 is 1.15 bits per heavy atom. The maximum Gasteiger partial charge on any atom is 0.234 e. The van der Waals surface area contributed by atoms with Gasteiger partial charge in [0.1, 0.15) is 11.6 Å². The van der Waals surface area contributed by atoms with Gasteiger partial charge in [-0.05, 0) is 18.2 Å². The number of pyridine rings is 1. The highest BCUT2D eigenvalue weighted by Gasteiger charge is 2.20. The van der Waals surface area contributed by atoms with Crippen LogP contribution in [0.1, 0.15) is 5.56 Å². The Kier molecular flexibility index (Phi) is 6.01. The van der Waals surface area contributed by atoms with Crippen molar-refractivity contribution in [3.05, 3.63) is 54.0 Å². The maximum atomic E-state index is 13.2. The molecule has 0 saturated carbocycles. The molecule has 1 fully saturated rings. The van der Waals surface area contributed by atoms with Crippen molar-refractivity contribution in [1.82, 2.24) is 15.2 Å². The summed E-state index contributed by atoms with van der Waals surface area (Å²) in [6.07, 6.45) is 0. The second-order valence-corrected chi connectivity index (χ2v) is 6.17. The number of halogens is 1. The van der Waals surface area contributed by atoms with Gasteiger partial charge in [-0.2, -0.15) is 4.39 Å².